The van der Waals surface area contributed by atoms with Gasteiger partial charge < -0.3 is 10.2 Å². The van der Waals surface area contributed by atoms with Crippen molar-refractivity contribution >= 4 is 16.1 Å². The summed E-state index contributed by atoms with van der Waals surface area (Å²) in [4.78, 5) is 13.5. The van der Waals surface area contributed by atoms with Crippen molar-refractivity contribution in [1.29, 1.82) is 0 Å². The Labute approximate surface area is 181 Å². The van der Waals surface area contributed by atoms with Crippen LogP contribution in [0.1, 0.15) is 31.2 Å². The van der Waals surface area contributed by atoms with Crippen LogP contribution in [-0.2, 0) is 16.2 Å². The minimum Gasteiger partial charge on any atom is -0.335 e. The molecule has 0 aromatic heterocycles. The lowest BCUT2D eigenvalue weighted by Gasteiger charge is -2.36. The first-order chi connectivity index (χ1) is 14.8. The molecule has 0 bridgehead atoms. The molecule has 2 fully saturated rings. The van der Waals surface area contributed by atoms with Gasteiger partial charge in [0, 0.05) is 32.2 Å². The first-order valence-electron chi connectivity index (χ1n) is 10.1. The minimum atomic E-state index is -4.58. The van der Waals surface area contributed by atoms with E-state index < -0.39 is 45.9 Å². The summed E-state index contributed by atoms with van der Waals surface area (Å²) in [6, 6.07) is 2.00. The summed E-state index contributed by atoms with van der Waals surface area (Å²) in [5, 5.41) is 2.61. The van der Waals surface area contributed by atoms with Crippen molar-refractivity contribution in [2.45, 2.75) is 49.0 Å². The van der Waals surface area contributed by atoms with Crippen molar-refractivity contribution in [2.24, 2.45) is 5.92 Å². The third kappa shape index (κ3) is 5.66. The Bertz CT molecular complexity index is 910. The molecular formula is C19H23F6N3O3S. The van der Waals surface area contributed by atoms with Crippen LogP contribution in [0.5, 0.6) is 0 Å². The number of piperazine rings is 1. The first-order valence-corrected chi connectivity index (χ1v) is 11.5. The van der Waals surface area contributed by atoms with Crippen LogP contribution < -0.4 is 5.32 Å². The highest BCUT2D eigenvalue weighted by Gasteiger charge is 2.42. The molecule has 0 radical (unpaired) electrons. The highest BCUT2D eigenvalue weighted by Crippen LogP contribution is 2.37. The SMILES string of the molecule is O=C(NC1CCCC(C(F)(F)F)C1)N1CCN(S(=O)(=O)c2ccc(C(F)(F)F)cc2)CC1. The summed E-state index contributed by atoms with van der Waals surface area (Å²) in [7, 11) is -4.04. The molecule has 1 aromatic rings. The number of hydrogen-bond donors (Lipinski definition) is 1. The van der Waals surface area contributed by atoms with E-state index in [1.165, 1.54) is 4.90 Å². The predicted molar refractivity (Wildman–Crippen MR) is 102 cm³/mol. The Kier molecular flexibility index (Phi) is 6.99. The van der Waals surface area contributed by atoms with Gasteiger partial charge in [0.1, 0.15) is 0 Å². The van der Waals surface area contributed by atoms with Crippen LogP contribution in [0.15, 0.2) is 29.2 Å². The van der Waals surface area contributed by atoms with Gasteiger partial charge in [0.25, 0.3) is 0 Å². The van der Waals surface area contributed by atoms with E-state index in [2.05, 4.69) is 5.32 Å². The average Bonchev–Trinajstić information content (AvgIpc) is 2.73. The number of amides is 2. The molecule has 2 atom stereocenters. The first kappa shape index (κ1) is 24.6. The number of alkyl halides is 6. The summed E-state index contributed by atoms with van der Waals surface area (Å²) in [6.45, 7) is -0.124. The zero-order valence-electron chi connectivity index (χ0n) is 16.9. The van der Waals surface area contributed by atoms with Crippen LogP contribution in [0.2, 0.25) is 0 Å². The van der Waals surface area contributed by atoms with E-state index in [-0.39, 0.29) is 43.9 Å². The van der Waals surface area contributed by atoms with E-state index in [0.29, 0.717) is 25.0 Å². The molecule has 13 heteroatoms. The number of nitrogens with zero attached hydrogens (tertiary/aromatic N) is 2. The van der Waals surface area contributed by atoms with Crippen molar-refractivity contribution in [3.8, 4) is 0 Å². The highest BCUT2D eigenvalue weighted by molar-refractivity contribution is 7.89. The van der Waals surface area contributed by atoms with Crippen LogP contribution in [0.4, 0.5) is 31.1 Å². The van der Waals surface area contributed by atoms with Gasteiger partial charge in [0.15, 0.2) is 0 Å². The normalized spacial score (nSPS) is 23.8. The van der Waals surface area contributed by atoms with Gasteiger partial charge in [-0.15, -0.1) is 0 Å². The number of benzene rings is 1. The Hall–Kier alpha value is -2.02. The Morgan fingerprint density at radius 1 is 0.938 bits per heavy atom. The second kappa shape index (κ2) is 9.08. The molecule has 1 aliphatic carbocycles. The van der Waals surface area contributed by atoms with Crippen LogP contribution in [-0.4, -0.2) is 62.1 Å². The largest absolute Gasteiger partial charge is 0.416 e. The number of urea groups is 1. The van der Waals surface area contributed by atoms with Crippen LogP contribution in [0.3, 0.4) is 0 Å². The number of halogens is 6. The number of rotatable bonds is 3. The number of nitrogens with one attached hydrogen (secondary N) is 1. The van der Waals surface area contributed by atoms with E-state index in [0.717, 1.165) is 16.4 Å². The predicted octanol–water partition coefficient (Wildman–Crippen LogP) is 3.84. The molecule has 1 saturated heterocycles. The molecule has 1 aromatic carbocycles. The standard InChI is InChI=1S/C19H23F6N3O3S/c20-18(21,22)13-4-6-16(7-5-13)32(30,31)28-10-8-27(9-11-28)17(29)26-15-3-1-2-14(12-15)19(23,24)25/h4-7,14-15H,1-3,8-12H2,(H,26,29). The Morgan fingerprint density at radius 2 is 1.53 bits per heavy atom. The molecule has 2 amide bonds. The second-order valence-corrected chi connectivity index (χ2v) is 9.90. The molecule has 180 valence electrons. The van der Waals surface area contributed by atoms with E-state index in [1.54, 1.807) is 0 Å². The van der Waals surface area contributed by atoms with Gasteiger partial charge in [-0.2, -0.15) is 30.6 Å². The Morgan fingerprint density at radius 3 is 2.06 bits per heavy atom. The lowest BCUT2D eigenvalue weighted by atomic mass is 9.85. The molecule has 1 saturated carbocycles. The van der Waals surface area contributed by atoms with E-state index in [4.69, 9.17) is 0 Å². The summed E-state index contributed by atoms with van der Waals surface area (Å²) in [5.41, 5.74) is -0.964. The third-order valence-electron chi connectivity index (χ3n) is 5.81. The molecule has 1 heterocycles. The number of hydrogen-bond acceptors (Lipinski definition) is 3. The van der Waals surface area contributed by atoms with Crippen molar-refractivity contribution in [3.63, 3.8) is 0 Å². The molecule has 1 N–H and O–H groups in total. The molecule has 0 spiro atoms. The van der Waals surface area contributed by atoms with Gasteiger partial charge >= 0.3 is 18.4 Å². The van der Waals surface area contributed by atoms with Crippen LogP contribution in [0, 0.1) is 5.92 Å². The highest BCUT2D eigenvalue weighted by atomic mass is 32.2. The quantitative estimate of drug-likeness (QED) is 0.659. The fourth-order valence-electron chi connectivity index (χ4n) is 3.98. The average molecular weight is 487 g/mol. The molecule has 1 aliphatic heterocycles. The smallest absolute Gasteiger partial charge is 0.335 e. The topological polar surface area (TPSA) is 69.7 Å². The summed E-state index contributed by atoms with van der Waals surface area (Å²) in [5.74, 6) is -1.45. The van der Waals surface area contributed by atoms with Gasteiger partial charge in [0.05, 0.1) is 16.4 Å². The number of carbonyl (C=O) groups is 1. The summed E-state index contributed by atoms with van der Waals surface area (Å²) < 4.78 is 103. The van der Waals surface area contributed by atoms with Crippen LogP contribution in [0.25, 0.3) is 0 Å². The fraction of sp³-hybridized carbons (Fsp3) is 0.632. The number of sulfonamides is 1. The maximum Gasteiger partial charge on any atom is 0.416 e. The third-order valence-corrected chi connectivity index (χ3v) is 7.72. The molecule has 2 aliphatic rings. The van der Waals surface area contributed by atoms with Crippen molar-refractivity contribution < 1.29 is 39.6 Å². The summed E-state index contributed by atoms with van der Waals surface area (Å²) >= 11 is 0. The molecule has 2 unspecified atom stereocenters. The molecule has 6 nitrogen and oxygen atoms in total. The lowest BCUT2D eigenvalue weighted by molar-refractivity contribution is -0.183. The second-order valence-electron chi connectivity index (χ2n) is 7.96. The maximum atomic E-state index is 12.9. The van der Waals surface area contributed by atoms with Gasteiger partial charge in [-0.25, -0.2) is 13.2 Å². The molecule has 3 rings (SSSR count). The lowest BCUT2D eigenvalue weighted by Crippen LogP contribution is -2.55. The summed E-state index contributed by atoms with van der Waals surface area (Å²) in [6.07, 6.45) is -8.23. The van der Waals surface area contributed by atoms with Crippen molar-refractivity contribution in [3.05, 3.63) is 29.8 Å². The van der Waals surface area contributed by atoms with Crippen LogP contribution >= 0.6 is 0 Å². The zero-order valence-corrected chi connectivity index (χ0v) is 17.7. The van der Waals surface area contributed by atoms with Gasteiger partial charge in [-0.05, 0) is 43.5 Å². The minimum absolute atomic E-state index is 0.0150. The van der Waals surface area contributed by atoms with Crippen molar-refractivity contribution in [2.75, 3.05) is 26.2 Å². The van der Waals surface area contributed by atoms with E-state index >= 15 is 0 Å². The van der Waals surface area contributed by atoms with E-state index in [1.807, 2.05) is 0 Å². The molecule has 32 heavy (non-hydrogen) atoms. The maximum absolute atomic E-state index is 12.9. The van der Waals surface area contributed by atoms with Gasteiger partial charge in [-0.1, -0.05) is 6.42 Å². The van der Waals surface area contributed by atoms with E-state index in [9.17, 15) is 39.6 Å². The zero-order chi connectivity index (χ0) is 23.7. The van der Waals surface area contributed by atoms with Crippen molar-refractivity contribution in [1.82, 2.24) is 14.5 Å². The van der Waals surface area contributed by atoms with Gasteiger partial charge in [-0.3, -0.25) is 0 Å². The monoisotopic (exact) mass is 487 g/mol. The van der Waals surface area contributed by atoms with Gasteiger partial charge in [0.2, 0.25) is 10.0 Å². The molecular weight excluding hydrogens is 464 g/mol. The Balaban J connectivity index is 1.55. The number of carbonyl (C=O) groups excluding carboxylic acids is 1. The fourth-order valence-corrected chi connectivity index (χ4v) is 5.40.